The second kappa shape index (κ2) is 13.1. The van der Waals surface area contributed by atoms with E-state index in [-0.39, 0.29) is 28.4 Å². The van der Waals surface area contributed by atoms with E-state index in [2.05, 4.69) is 20.9 Å². The number of urea groups is 1. The van der Waals surface area contributed by atoms with Gasteiger partial charge in [0, 0.05) is 54.4 Å². The highest BCUT2D eigenvalue weighted by Crippen LogP contribution is 2.40. The standard InChI is InChI=1S/C30H38F3N5O4S/c1-4-5-6-17-38(3)43(41,42)23-10-8-22(9-11-23)35-28(40)34-16-15-29(14-13-20(2)37-29)21-7-12-26-24(18-21)25(30(31,32)33)19-27(39)36-26/h7-12,18-20,37H,4-6,13-17H2,1-3H3,(H,36,39)(H2,34,35,40)/t20-,29-/m1/s1. The summed E-state index contributed by atoms with van der Waals surface area (Å²) in [6, 6.07) is 10.8. The lowest BCUT2D eigenvalue weighted by molar-refractivity contribution is -0.136. The molecule has 0 unspecified atom stereocenters. The van der Waals surface area contributed by atoms with Crippen molar-refractivity contribution in [3.63, 3.8) is 0 Å². The zero-order valence-corrected chi connectivity index (χ0v) is 25.3. The molecule has 2 aromatic carbocycles. The number of H-pyrrole nitrogens is 1. The molecule has 1 aliphatic heterocycles. The van der Waals surface area contributed by atoms with Gasteiger partial charge in [0.15, 0.2) is 0 Å². The quantitative estimate of drug-likeness (QED) is 0.210. The van der Waals surface area contributed by atoms with Crippen molar-refractivity contribution in [3.05, 3.63) is 70.0 Å². The highest BCUT2D eigenvalue weighted by atomic mass is 32.2. The molecule has 1 aliphatic rings. The summed E-state index contributed by atoms with van der Waals surface area (Å²) in [6.07, 6.45) is -0.136. The van der Waals surface area contributed by atoms with Crippen molar-refractivity contribution in [2.75, 3.05) is 25.5 Å². The van der Waals surface area contributed by atoms with Gasteiger partial charge in [0.05, 0.1) is 10.5 Å². The highest BCUT2D eigenvalue weighted by Gasteiger charge is 2.39. The van der Waals surface area contributed by atoms with Crippen LogP contribution in [0.15, 0.2) is 58.2 Å². The van der Waals surface area contributed by atoms with Gasteiger partial charge < -0.3 is 20.9 Å². The summed E-state index contributed by atoms with van der Waals surface area (Å²) in [4.78, 5) is 27.1. The van der Waals surface area contributed by atoms with Crippen LogP contribution < -0.4 is 21.5 Å². The number of sulfonamides is 1. The van der Waals surface area contributed by atoms with Crippen molar-refractivity contribution in [2.45, 2.75) is 75.0 Å². The van der Waals surface area contributed by atoms with E-state index < -0.39 is 38.9 Å². The molecule has 0 aliphatic carbocycles. The van der Waals surface area contributed by atoms with E-state index in [4.69, 9.17) is 0 Å². The Labute approximate surface area is 249 Å². The number of benzene rings is 2. The van der Waals surface area contributed by atoms with E-state index in [1.54, 1.807) is 13.1 Å². The van der Waals surface area contributed by atoms with Crippen LogP contribution in [0.3, 0.4) is 0 Å². The molecule has 2 atom stereocenters. The Bertz CT molecular complexity index is 1610. The number of carbonyl (C=O) groups is 1. The number of alkyl halides is 3. The molecule has 13 heteroatoms. The fourth-order valence-electron chi connectivity index (χ4n) is 5.59. The third-order valence-corrected chi connectivity index (χ3v) is 9.83. The molecule has 2 amide bonds. The molecule has 1 saturated heterocycles. The summed E-state index contributed by atoms with van der Waals surface area (Å²) in [5, 5.41) is 8.90. The minimum Gasteiger partial charge on any atom is -0.338 e. The summed E-state index contributed by atoms with van der Waals surface area (Å²) < 4.78 is 68.2. The Morgan fingerprint density at radius 1 is 1.12 bits per heavy atom. The van der Waals surface area contributed by atoms with Crippen LogP contribution >= 0.6 is 0 Å². The Kier molecular flexibility index (Phi) is 9.87. The summed E-state index contributed by atoms with van der Waals surface area (Å²) in [5.41, 5.74) is -1.34. The molecule has 0 bridgehead atoms. The number of hydrogen-bond acceptors (Lipinski definition) is 5. The van der Waals surface area contributed by atoms with Gasteiger partial charge in [0.1, 0.15) is 0 Å². The fraction of sp³-hybridized carbons (Fsp3) is 0.467. The summed E-state index contributed by atoms with van der Waals surface area (Å²) in [7, 11) is -2.09. The topological polar surface area (TPSA) is 123 Å². The van der Waals surface area contributed by atoms with Gasteiger partial charge in [-0.05, 0) is 74.6 Å². The molecule has 0 spiro atoms. The number of carbonyl (C=O) groups excluding carboxylic acids is 1. The van der Waals surface area contributed by atoms with Crippen molar-refractivity contribution in [3.8, 4) is 0 Å². The lowest BCUT2D eigenvalue weighted by atomic mass is 9.84. The number of pyridine rings is 1. The lowest BCUT2D eigenvalue weighted by Gasteiger charge is -2.32. The number of rotatable bonds is 11. The fourth-order valence-corrected chi connectivity index (χ4v) is 6.80. The van der Waals surface area contributed by atoms with Crippen LogP contribution in [-0.2, 0) is 21.7 Å². The largest absolute Gasteiger partial charge is 0.417 e. The molecule has 0 radical (unpaired) electrons. The smallest absolute Gasteiger partial charge is 0.338 e. The van der Waals surface area contributed by atoms with E-state index in [1.807, 2.05) is 13.8 Å². The number of nitrogens with zero attached hydrogens (tertiary/aromatic N) is 1. The molecule has 0 saturated carbocycles. The third kappa shape index (κ3) is 7.57. The second-order valence-electron chi connectivity index (χ2n) is 11.2. The monoisotopic (exact) mass is 621 g/mol. The minimum absolute atomic E-state index is 0.0892. The Hall–Kier alpha value is -3.42. The van der Waals surface area contributed by atoms with Crippen LogP contribution in [0.1, 0.15) is 63.5 Å². The van der Waals surface area contributed by atoms with Crippen molar-refractivity contribution in [2.24, 2.45) is 0 Å². The van der Waals surface area contributed by atoms with Crippen molar-refractivity contribution in [1.29, 1.82) is 0 Å². The molecule has 9 nitrogen and oxygen atoms in total. The predicted molar refractivity (Wildman–Crippen MR) is 161 cm³/mol. The molecule has 4 rings (SSSR count). The van der Waals surface area contributed by atoms with Gasteiger partial charge >= 0.3 is 12.2 Å². The minimum atomic E-state index is -4.69. The van der Waals surface area contributed by atoms with Gasteiger partial charge in [0.25, 0.3) is 0 Å². The van der Waals surface area contributed by atoms with E-state index in [0.29, 0.717) is 36.7 Å². The van der Waals surface area contributed by atoms with Crippen molar-refractivity contribution >= 4 is 32.6 Å². The van der Waals surface area contributed by atoms with Crippen LogP contribution in [0.5, 0.6) is 0 Å². The van der Waals surface area contributed by atoms with E-state index in [9.17, 15) is 31.2 Å². The lowest BCUT2D eigenvalue weighted by Crippen LogP contribution is -2.43. The molecule has 43 heavy (non-hydrogen) atoms. The van der Waals surface area contributed by atoms with Gasteiger partial charge in [-0.2, -0.15) is 13.2 Å². The van der Waals surface area contributed by atoms with Gasteiger partial charge in [0.2, 0.25) is 15.6 Å². The zero-order valence-electron chi connectivity index (χ0n) is 24.5. The normalized spacial score (nSPS) is 19.2. The molecule has 4 N–H and O–H groups in total. The maximum absolute atomic E-state index is 13.8. The van der Waals surface area contributed by atoms with Gasteiger partial charge in [-0.25, -0.2) is 17.5 Å². The van der Waals surface area contributed by atoms with Crippen LogP contribution in [0.2, 0.25) is 0 Å². The van der Waals surface area contributed by atoms with Crippen LogP contribution in [-0.4, -0.2) is 49.9 Å². The van der Waals surface area contributed by atoms with E-state index in [0.717, 1.165) is 25.7 Å². The molecule has 1 fully saturated rings. The molecule has 3 aromatic rings. The number of amides is 2. The van der Waals surface area contributed by atoms with Crippen molar-refractivity contribution < 1.29 is 26.4 Å². The maximum Gasteiger partial charge on any atom is 0.417 e. The maximum atomic E-state index is 13.8. The highest BCUT2D eigenvalue weighted by molar-refractivity contribution is 7.89. The van der Waals surface area contributed by atoms with Crippen LogP contribution in [0.4, 0.5) is 23.7 Å². The Morgan fingerprint density at radius 2 is 1.84 bits per heavy atom. The number of aromatic amines is 1. The SMILES string of the molecule is CCCCCN(C)S(=O)(=O)c1ccc(NC(=O)NCC[C@@]2(c3ccc4[nH]c(=O)cc(C(F)(F)F)c4c3)CC[C@@H](C)N2)cc1. The molecule has 234 valence electrons. The summed E-state index contributed by atoms with van der Waals surface area (Å²) in [6.45, 7) is 4.69. The molecule has 1 aromatic heterocycles. The van der Waals surface area contributed by atoms with E-state index >= 15 is 0 Å². The number of anilines is 1. The van der Waals surface area contributed by atoms with Crippen molar-refractivity contribution in [1.82, 2.24) is 19.9 Å². The zero-order chi connectivity index (χ0) is 31.4. The first-order valence-corrected chi connectivity index (χ1v) is 15.8. The average Bonchev–Trinajstić information content (AvgIpc) is 3.33. The molecule has 2 heterocycles. The number of nitrogens with one attached hydrogen (secondary N) is 4. The van der Waals surface area contributed by atoms with Crippen LogP contribution in [0.25, 0.3) is 10.9 Å². The third-order valence-electron chi connectivity index (χ3n) is 7.96. The number of fused-ring (bicyclic) bond motifs is 1. The Morgan fingerprint density at radius 3 is 2.47 bits per heavy atom. The van der Waals surface area contributed by atoms with Gasteiger partial charge in [-0.3, -0.25) is 4.79 Å². The first-order valence-electron chi connectivity index (χ1n) is 14.4. The van der Waals surface area contributed by atoms with Crippen LogP contribution in [0, 0.1) is 0 Å². The second-order valence-corrected chi connectivity index (χ2v) is 13.2. The number of hydrogen-bond donors (Lipinski definition) is 4. The summed E-state index contributed by atoms with van der Waals surface area (Å²) in [5.74, 6) is 0. The first-order chi connectivity index (χ1) is 20.2. The first kappa shape index (κ1) is 32.5. The van der Waals surface area contributed by atoms with E-state index in [1.165, 1.54) is 40.7 Å². The predicted octanol–water partition coefficient (Wildman–Crippen LogP) is 5.54. The molecular formula is C30H38F3N5O4S. The van der Waals surface area contributed by atoms with Gasteiger partial charge in [-0.1, -0.05) is 25.8 Å². The Balaban J connectivity index is 1.43. The average molecular weight is 622 g/mol. The molecular weight excluding hydrogens is 583 g/mol. The summed E-state index contributed by atoms with van der Waals surface area (Å²) >= 11 is 0. The van der Waals surface area contributed by atoms with Gasteiger partial charge in [-0.15, -0.1) is 0 Å². The number of unbranched alkanes of at least 4 members (excludes halogenated alkanes) is 2. The number of aromatic nitrogens is 1. The number of halogens is 3.